The zero-order chi connectivity index (χ0) is 14.8. The van der Waals surface area contributed by atoms with Gasteiger partial charge in [-0.25, -0.2) is 0 Å². The molecular weight excluding hydrogens is 262 g/mol. The Kier molecular flexibility index (Phi) is 4.79. The van der Waals surface area contributed by atoms with Crippen LogP contribution in [-0.4, -0.2) is 32.5 Å². The first kappa shape index (κ1) is 16.2. The second-order valence-electron chi connectivity index (χ2n) is 6.55. The number of hydrogen-bond acceptors (Lipinski definition) is 4. The fourth-order valence-electron chi connectivity index (χ4n) is 1.71. The van der Waals surface area contributed by atoms with Crippen LogP contribution < -0.4 is 5.32 Å². The third-order valence-corrected chi connectivity index (χ3v) is 8.35. The van der Waals surface area contributed by atoms with Gasteiger partial charge in [-0.1, -0.05) is 20.8 Å². The number of nitrogens with one attached hydrogen (secondary N) is 1. The normalized spacial score (nSPS) is 24.8. The lowest BCUT2D eigenvalue weighted by molar-refractivity contribution is -0.159. The van der Waals surface area contributed by atoms with E-state index in [4.69, 9.17) is 9.16 Å². The van der Waals surface area contributed by atoms with Gasteiger partial charge in [0.15, 0.2) is 14.5 Å². The molecule has 0 spiro atoms. The monoisotopic (exact) mass is 287 g/mol. The van der Waals surface area contributed by atoms with E-state index in [2.05, 4.69) is 39.2 Å². The van der Waals surface area contributed by atoms with Gasteiger partial charge < -0.3 is 14.5 Å². The van der Waals surface area contributed by atoms with Crippen LogP contribution >= 0.6 is 0 Å². The molecular formula is C13H25NO4Si. The van der Waals surface area contributed by atoms with Gasteiger partial charge in [-0.15, -0.1) is 0 Å². The number of hydrogen-bond donors (Lipinski definition) is 1. The Morgan fingerprint density at radius 3 is 2.42 bits per heavy atom. The molecule has 1 amide bonds. The molecule has 1 rings (SSSR count). The lowest BCUT2D eigenvalue weighted by Crippen LogP contribution is -2.56. The second-order valence-corrected chi connectivity index (χ2v) is 11.3. The summed E-state index contributed by atoms with van der Waals surface area (Å²) >= 11 is 0. The fraction of sp³-hybridized carbons (Fsp3) is 0.846. The summed E-state index contributed by atoms with van der Waals surface area (Å²) in [4.78, 5) is 22.5. The smallest absolute Gasteiger partial charge is 0.304 e. The summed E-state index contributed by atoms with van der Waals surface area (Å²) in [5, 5.41) is 2.77. The molecule has 0 aromatic heterocycles. The van der Waals surface area contributed by atoms with Crippen molar-refractivity contribution in [3.8, 4) is 0 Å². The average molecular weight is 287 g/mol. The van der Waals surface area contributed by atoms with E-state index in [1.54, 1.807) is 0 Å². The van der Waals surface area contributed by atoms with Gasteiger partial charge in [0, 0.05) is 13.3 Å². The largest absolute Gasteiger partial charge is 0.439 e. The first-order valence-electron chi connectivity index (χ1n) is 6.67. The molecule has 1 N–H and O–H groups in total. The van der Waals surface area contributed by atoms with Gasteiger partial charge in [-0.05, 0) is 24.6 Å². The molecule has 6 heteroatoms. The minimum Gasteiger partial charge on any atom is -0.439 e. The molecule has 1 aliphatic rings. The Morgan fingerprint density at radius 2 is 1.95 bits per heavy atom. The van der Waals surface area contributed by atoms with Crippen molar-refractivity contribution in [1.29, 1.82) is 0 Å². The standard InChI is InChI=1S/C13H25NO4Si/c1-9(15)17-12-10(7-8-11(16)14-12)18-19(5,6)13(2,3)4/h10,12H,7-8H2,1-6H3,(H,14,16)/t10-,12?/m0/s1. The Labute approximate surface area is 116 Å². The van der Waals surface area contributed by atoms with E-state index in [0.29, 0.717) is 12.8 Å². The highest BCUT2D eigenvalue weighted by molar-refractivity contribution is 6.74. The number of ether oxygens (including phenoxy) is 1. The lowest BCUT2D eigenvalue weighted by Gasteiger charge is -2.42. The summed E-state index contributed by atoms with van der Waals surface area (Å²) in [6.07, 6.45) is 0.100. The van der Waals surface area contributed by atoms with Crippen LogP contribution in [0.15, 0.2) is 0 Å². The van der Waals surface area contributed by atoms with E-state index >= 15 is 0 Å². The molecule has 1 aliphatic heterocycles. The van der Waals surface area contributed by atoms with E-state index in [9.17, 15) is 9.59 Å². The molecule has 0 aliphatic carbocycles. The number of piperidine rings is 1. The summed E-state index contributed by atoms with van der Waals surface area (Å²) in [5.74, 6) is -0.502. The number of rotatable bonds is 3. The summed E-state index contributed by atoms with van der Waals surface area (Å²) in [5.41, 5.74) is 0. The highest BCUT2D eigenvalue weighted by atomic mass is 28.4. The molecule has 0 radical (unpaired) electrons. The quantitative estimate of drug-likeness (QED) is 0.638. The summed E-state index contributed by atoms with van der Waals surface area (Å²) in [6.45, 7) is 12.1. The fourth-order valence-corrected chi connectivity index (χ4v) is 3.06. The van der Waals surface area contributed by atoms with Crippen molar-refractivity contribution in [3.05, 3.63) is 0 Å². The minimum atomic E-state index is -1.95. The molecule has 110 valence electrons. The maximum atomic E-state index is 11.4. The van der Waals surface area contributed by atoms with E-state index in [1.807, 2.05) is 0 Å². The van der Waals surface area contributed by atoms with Crippen LogP contribution in [0.25, 0.3) is 0 Å². The van der Waals surface area contributed by atoms with Crippen LogP contribution in [0.4, 0.5) is 0 Å². The van der Waals surface area contributed by atoms with Crippen molar-refractivity contribution < 1.29 is 18.8 Å². The first-order valence-corrected chi connectivity index (χ1v) is 9.58. The Bertz CT molecular complexity index is 360. The Morgan fingerprint density at radius 1 is 1.37 bits per heavy atom. The summed E-state index contributed by atoms with van der Waals surface area (Å²) in [7, 11) is -1.95. The van der Waals surface area contributed by atoms with Crippen molar-refractivity contribution in [2.75, 3.05) is 0 Å². The van der Waals surface area contributed by atoms with Gasteiger partial charge in [0.05, 0.1) is 0 Å². The lowest BCUT2D eigenvalue weighted by atomic mass is 10.1. The number of esters is 1. The summed E-state index contributed by atoms with van der Waals surface area (Å²) in [6, 6.07) is 0. The SMILES string of the molecule is CC(=O)OC1NC(=O)CC[C@@H]1O[Si](C)(C)C(C)(C)C. The molecule has 1 unspecified atom stereocenters. The first-order chi connectivity index (χ1) is 8.53. The minimum absolute atomic E-state index is 0.0786. The number of carbonyl (C=O) groups excluding carboxylic acids is 2. The average Bonchev–Trinajstić information content (AvgIpc) is 2.19. The van der Waals surface area contributed by atoms with Crippen LogP contribution in [0, 0.1) is 0 Å². The molecule has 0 aromatic rings. The van der Waals surface area contributed by atoms with Crippen LogP contribution in [-0.2, 0) is 18.8 Å². The van der Waals surface area contributed by atoms with Crippen molar-refractivity contribution in [1.82, 2.24) is 5.32 Å². The maximum absolute atomic E-state index is 11.4. The molecule has 1 fully saturated rings. The maximum Gasteiger partial charge on any atom is 0.304 e. The van der Waals surface area contributed by atoms with Gasteiger partial charge in [0.25, 0.3) is 0 Å². The molecule has 0 aromatic carbocycles. The topological polar surface area (TPSA) is 64.6 Å². The van der Waals surface area contributed by atoms with Crippen LogP contribution in [0.5, 0.6) is 0 Å². The number of amides is 1. The van der Waals surface area contributed by atoms with E-state index in [0.717, 1.165) is 0 Å². The molecule has 2 atom stereocenters. The van der Waals surface area contributed by atoms with Gasteiger partial charge in [0.1, 0.15) is 6.10 Å². The van der Waals surface area contributed by atoms with Crippen LogP contribution in [0.3, 0.4) is 0 Å². The Hall–Kier alpha value is -0.883. The molecule has 1 saturated heterocycles. The zero-order valence-electron chi connectivity index (χ0n) is 12.7. The predicted octanol–water partition coefficient (Wildman–Crippen LogP) is 2.18. The molecule has 0 bridgehead atoms. The van der Waals surface area contributed by atoms with Gasteiger partial charge in [-0.2, -0.15) is 0 Å². The third-order valence-electron chi connectivity index (χ3n) is 3.84. The van der Waals surface area contributed by atoms with Gasteiger partial charge >= 0.3 is 5.97 Å². The van der Waals surface area contributed by atoms with Crippen molar-refractivity contribution in [2.45, 2.75) is 71.0 Å². The van der Waals surface area contributed by atoms with Crippen molar-refractivity contribution in [2.24, 2.45) is 0 Å². The highest BCUT2D eigenvalue weighted by Crippen LogP contribution is 2.38. The number of carbonyl (C=O) groups is 2. The van der Waals surface area contributed by atoms with Crippen LogP contribution in [0.2, 0.25) is 18.1 Å². The Balaban J connectivity index is 2.78. The van der Waals surface area contributed by atoms with Crippen molar-refractivity contribution in [3.63, 3.8) is 0 Å². The molecule has 5 nitrogen and oxygen atoms in total. The van der Waals surface area contributed by atoms with Crippen molar-refractivity contribution >= 4 is 20.2 Å². The highest BCUT2D eigenvalue weighted by Gasteiger charge is 2.43. The van der Waals surface area contributed by atoms with Gasteiger partial charge in [-0.3, -0.25) is 9.59 Å². The summed E-state index contributed by atoms with van der Waals surface area (Å²) < 4.78 is 11.4. The van der Waals surface area contributed by atoms with Crippen LogP contribution in [0.1, 0.15) is 40.5 Å². The molecule has 19 heavy (non-hydrogen) atoms. The third kappa shape index (κ3) is 4.31. The van der Waals surface area contributed by atoms with E-state index < -0.39 is 20.5 Å². The molecule has 0 saturated carbocycles. The van der Waals surface area contributed by atoms with E-state index in [1.165, 1.54) is 6.92 Å². The molecule has 1 heterocycles. The zero-order valence-corrected chi connectivity index (χ0v) is 13.7. The second kappa shape index (κ2) is 5.62. The predicted molar refractivity (Wildman–Crippen MR) is 75.0 cm³/mol. The van der Waals surface area contributed by atoms with Gasteiger partial charge in [0.2, 0.25) is 5.91 Å². The van der Waals surface area contributed by atoms with E-state index in [-0.39, 0.29) is 17.0 Å².